The molecule has 3 aromatic carbocycles. The second kappa shape index (κ2) is 6.76. The summed E-state index contributed by atoms with van der Waals surface area (Å²) < 4.78 is 28.7. The van der Waals surface area contributed by atoms with Crippen molar-refractivity contribution in [3.05, 3.63) is 96.1 Å². The molecule has 1 fully saturated rings. The third kappa shape index (κ3) is 2.82. The molecule has 1 saturated heterocycles. The van der Waals surface area contributed by atoms with E-state index >= 15 is 0 Å². The third-order valence-corrected chi connectivity index (χ3v) is 7.64. The van der Waals surface area contributed by atoms with Crippen molar-refractivity contribution in [2.75, 3.05) is 17.4 Å². The second-order valence-corrected chi connectivity index (χ2v) is 9.34. The van der Waals surface area contributed by atoms with Crippen molar-refractivity contribution in [2.45, 2.75) is 23.4 Å². The predicted molar refractivity (Wildman–Crippen MR) is 111 cm³/mol. The monoisotopic (exact) mass is 390 g/mol. The highest BCUT2D eigenvalue weighted by atomic mass is 32.2. The van der Waals surface area contributed by atoms with E-state index in [2.05, 4.69) is 23.1 Å². The number of anilines is 1. The van der Waals surface area contributed by atoms with Crippen molar-refractivity contribution in [3.63, 3.8) is 0 Å². The largest absolute Gasteiger partial charge is 0.296 e. The molecule has 4 nitrogen and oxygen atoms in total. The Morgan fingerprint density at radius 3 is 2.18 bits per heavy atom. The first-order chi connectivity index (χ1) is 13.6. The maximum Gasteiger partial charge on any atom is 0.264 e. The minimum absolute atomic E-state index is 0.0636. The molecular formula is C23H22N2O2S. The fraction of sp³-hybridized carbons (Fsp3) is 0.217. The number of fused-ring (bicyclic) bond motifs is 3. The van der Waals surface area contributed by atoms with E-state index in [0.717, 1.165) is 30.9 Å². The van der Waals surface area contributed by atoms with Crippen LogP contribution in [-0.4, -0.2) is 32.4 Å². The number of benzene rings is 3. The van der Waals surface area contributed by atoms with Gasteiger partial charge >= 0.3 is 0 Å². The number of rotatable bonds is 4. The van der Waals surface area contributed by atoms with Gasteiger partial charge in [-0.15, -0.1) is 0 Å². The van der Waals surface area contributed by atoms with E-state index < -0.39 is 10.0 Å². The molecule has 5 heteroatoms. The second-order valence-electron chi connectivity index (χ2n) is 7.53. The summed E-state index contributed by atoms with van der Waals surface area (Å²) in [6.45, 7) is 2.45. The zero-order valence-electron chi connectivity index (χ0n) is 15.5. The van der Waals surface area contributed by atoms with Gasteiger partial charge in [-0.1, -0.05) is 66.7 Å². The lowest BCUT2D eigenvalue weighted by Gasteiger charge is -2.27. The standard InChI is InChI=1S/C23H22N2O2S/c26-28(27,19-11-5-2-6-12-19)25-22-14-8-7-13-20(22)21-16-24(17-23(21)25)15-18-9-3-1-4-10-18/h1-14,21,23H,15-17H2/t21-,23-/m0/s1. The number of sulfonamides is 1. The van der Waals surface area contributed by atoms with Crippen molar-refractivity contribution < 1.29 is 8.42 Å². The Labute approximate surface area is 166 Å². The lowest BCUT2D eigenvalue weighted by molar-refractivity contribution is 0.322. The van der Waals surface area contributed by atoms with E-state index in [9.17, 15) is 8.42 Å². The summed E-state index contributed by atoms with van der Waals surface area (Å²) in [6.07, 6.45) is 0. The van der Waals surface area contributed by atoms with E-state index in [-0.39, 0.29) is 12.0 Å². The van der Waals surface area contributed by atoms with Crippen LogP contribution in [0.25, 0.3) is 0 Å². The highest BCUT2D eigenvalue weighted by molar-refractivity contribution is 7.92. The summed E-state index contributed by atoms with van der Waals surface area (Å²) in [7, 11) is -3.60. The maximum absolute atomic E-state index is 13.5. The minimum atomic E-state index is -3.60. The molecule has 2 heterocycles. The zero-order chi connectivity index (χ0) is 19.1. The molecule has 0 aromatic heterocycles. The van der Waals surface area contributed by atoms with Crippen LogP contribution < -0.4 is 4.31 Å². The molecule has 3 aromatic rings. The Kier molecular flexibility index (Phi) is 4.22. The minimum Gasteiger partial charge on any atom is -0.296 e. The van der Waals surface area contributed by atoms with Gasteiger partial charge in [0.25, 0.3) is 10.0 Å². The lowest BCUT2D eigenvalue weighted by atomic mass is 9.98. The van der Waals surface area contributed by atoms with Crippen LogP contribution in [0.1, 0.15) is 17.0 Å². The van der Waals surface area contributed by atoms with Gasteiger partial charge < -0.3 is 0 Å². The van der Waals surface area contributed by atoms with E-state index in [1.165, 1.54) is 5.56 Å². The van der Waals surface area contributed by atoms with Crippen LogP contribution in [0.4, 0.5) is 5.69 Å². The van der Waals surface area contributed by atoms with Gasteiger partial charge in [0.1, 0.15) is 0 Å². The van der Waals surface area contributed by atoms with Gasteiger partial charge in [0.2, 0.25) is 0 Å². The fourth-order valence-corrected chi connectivity index (χ4v) is 6.30. The molecule has 142 valence electrons. The van der Waals surface area contributed by atoms with Gasteiger partial charge in [-0.05, 0) is 29.3 Å². The average Bonchev–Trinajstić information content (AvgIpc) is 3.25. The highest BCUT2D eigenvalue weighted by Crippen LogP contribution is 2.47. The van der Waals surface area contributed by atoms with Gasteiger partial charge in [0.15, 0.2) is 0 Å². The molecule has 0 saturated carbocycles. The summed E-state index contributed by atoms with van der Waals surface area (Å²) in [5.74, 6) is 0.207. The van der Waals surface area contributed by atoms with Gasteiger partial charge in [0, 0.05) is 25.6 Å². The van der Waals surface area contributed by atoms with Crippen LogP contribution >= 0.6 is 0 Å². The molecule has 0 aliphatic carbocycles. The molecule has 0 radical (unpaired) electrons. The molecular weight excluding hydrogens is 368 g/mol. The molecule has 0 N–H and O–H groups in total. The summed E-state index contributed by atoms with van der Waals surface area (Å²) >= 11 is 0. The van der Waals surface area contributed by atoms with Crippen LogP contribution in [-0.2, 0) is 16.6 Å². The van der Waals surface area contributed by atoms with Crippen molar-refractivity contribution in [2.24, 2.45) is 0 Å². The van der Waals surface area contributed by atoms with E-state index in [1.54, 1.807) is 28.6 Å². The summed E-state index contributed by atoms with van der Waals surface area (Å²) in [5.41, 5.74) is 3.23. The van der Waals surface area contributed by atoms with Crippen LogP contribution in [0.2, 0.25) is 0 Å². The summed E-state index contributed by atoms with van der Waals surface area (Å²) in [5, 5.41) is 0. The van der Waals surface area contributed by atoms with Gasteiger partial charge in [-0.3, -0.25) is 9.21 Å². The number of nitrogens with zero attached hydrogens (tertiary/aromatic N) is 2. The average molecular weight is 391 g/mol. The van der Waals surface area contributed by atoms with E-state index in [4.69, 9.17) is 0 Å². The molecule has 0 amide bonds. The van der Waals surface area contributed by atoms with Gasteiger partial charge in [-0.25, -0.2) is 8.42 Å². The Balaban J connectivity index is 1.51. The normalized spacial score (nSPS) is 21.5. The van der Waals surface area contributed by atoms with Crippen molar-refractivity contribution >= 4 is 15.7 Å². The number of hydrogen-bond donors (Lipinski definition) is 0. The Morgan fingerprint density at radius 1 is 0.786 bits per heavy atom. The first-order valence-corrected chi connectivity index (χ1v) is 11.0. The lowest BCUT2D eigenvalue weighted by Crippen LogP contribution is -2.40. The molecule has 28 heavy (non-hydrogen) atoms. The van der Waals surface area contributed by atoms with E-state index in [0.29, 0.717) is 4.90 Å². The van der Waals surface area contributed by atoms with Crippen molar-refractivity contribution in [1.29, 1.82) is 0 Å². The van der Waals surface area contributed by atoms with Gasteiger partial charge in [0.05, 0.1) is 16.6 Å². The Bertz CT molecular complexity index is 1080. The summed E-state index contributed by atoms with van der Waals surface area (Å²) in [4.78, 5) is 2.72. The summed E-state index contributed by atoms with van der Waals surface area (Å²) in [6, 6.07) is 27.0. The fourth-order valence-electron chi connectivity index (χ4n) is 4.57. The van der Waals surface area contributed by atoms with Gasteiger partial charge in [-0.2, -0.15) is 0 Å². The molecule has 0 bridgehead atoms. The Morgan fingerprint density at radius 2 is 1.43 bits per heavy atom. The SMILES string of the molecule is O=S(=O)(c1ccccc1)N1c2ccccc2[C@@H]2CN(Cc3ccccc3)C[C@@H]21. The van der Waals surface area contributed by atoms with E-state index in [1.807, 2.05) is 42.5 Å². The molecule has 2 aliphatic rings. The molecule has 0 spiro atoms. The molecule has 5 rings (SSSR count). The number of para-hydroxylation sites is 1. The van der Waals surface area contributed by atoms with Crippen LogP contribution in [0.5, 0.6) is 0 Å². The maximum atomic E-state index is 13.5. The van der Waals surface area contributed by atoms with Crippen LogP contribution in [0.15, 0.2) is 89.8 Å². The first kappa shape index (κ1) is 17.5. The Hall–Kier alpha value is -2.63. The quantitative estimate of drug-likeness (QED) is 0.679. The first-order valence-electron chi connectivity index (χ1n) is 9.59. The third-order valence-electron chi connectivity index (χ3n) is 5.79. The number of likely N-dealkylation sites (tertiary alicyclic amines) is 1. The van der Waals surface area contributed by atoms with Crippen LogP contribution in [0, 0.1) is 0 Å². The zero-order valence-corrected chi connectivity index (χ0v) is 16.3. The number of hydrogen-bond acceptors (Lipinski definition) is 3. The van der Waals surface area contributed by atoms with Crippen molar-refractivity contribution in [3.8, 4) is 0 Å². The molecule has 0 unspecified atom stereocenters. The molecule has 2 atom stereocenters. The molecule has 2 aliphatic heterocycles. The smallest absolute Gasteiger partial charge is 0.264 e. The topological polar surface area (TPSA) is 40.6 Å². The van der Waals surface area contributed by atoms with Crippen LogP contribution in [0.3, 0.4) is 0 Å². The highest BCUT2D eigenvalue weighted by Gasteiger charge is 2.49. The van der Waals surface area contributed by atoms with Crippen molar-refractivity contribution in [1.82, 2.24) is 4.90 Å². The predicted octanol–water partition coefficient (Wildman–Crippen LogP) is 3.86.